The second-order valence-corrected chi connectivity index (χ2v) is 6.86. The number of benzene rings is 1. The normalized spacial score (nSPS) is 20.0. The minimum absolute atomic E-state index is 0.0574. The van der Waals surface area contributed by atoms with Gasteiger partial charge in [-0.15, -0.1) is 0 Å². The van der Waals surface area contributed by atoms with E-state index in [1.807, 2.05) is 18.2 Å². The summed E-state index contributed by atoms with van der Waals surface area (Å²) < 4.78 is 5.95. The van der Waals surface area contributed by atoms with Crippen LogP contribution in [0.15, 0.2) is 24.3 Å². The van der Waals surface area contributed by atoms with Gasteiger partial charge in [-0.2, -0.15) is 0 Å². The zero-order valence-electron chi connectivity index (χ0n) is 15.5. The number of anilines is 1. The van der Waals surface area contributed by atoms with Gasteiger partial charge in [-0.1, -0.05) is 25.1 Å². The molecule has 25 heavy (non-hydrogen) atoms. The van der Waals surface area contributed by atoms with E-state index in [2.05, 4.69) is 25.2 Å². The lowest BCUT2D eigenvalue weighted by atomic mass is 10.0. The Morgan fingerprint density at radius 1 is 1.32 bits per heavy atom. The second kappa shape index (κ2) is 7.40. The topological polar surface area (TPSA) is 54.5 Å². The van der Waals surface area contributed by atoms with Crippen LogP contribution < -0.4 is 5.32 Å². The van der Waals surface area contributed by atoms with E-state index in [4.69, 9.17) is 9.72 Å². The fourth-order valence-corrected chi connectivity index (χ4v) is 3.55. The van der Waals surface area contributed by atoms with Crippen LogP contribution in [0.4, 0.5) is 5.69 Å². The molecule has 0 spiro atoms. The monoisotopic (exact) mass is 341 g/mol. The lowest BCUT2D eigenvalue weighted by Gasteiger charge is -2.20. The fraction of sp³-hybridized carbons (Fsp3) is 0.500. The Morgan fingerprint density at radius 2 is 2.08 bits per heavy atom. The van der Waals surface area contributed by atoms with Crippen molar-refractivity contribution in [3.63, 3.8) is 0 Å². The molecule has 1 N–H and O–H groups in total. The van der Waals surface area contributed by atoms with Crippen LogP contribution in [0.1, 0.15) is 31.0 Å². The maximum atomic E-state index is 12.1. The largest absolute Gasteiger partial charge is 0.382 e. The number of likely N-dealkylation sites (N-methyl/N-ethyl adjacent to an activating group) is 1. The van der Waals surface area contributed by atoms with Crippen molar-refractivity contribution in [2.75, 3.05) is 26.0 Å². The molecule has 0 aliphatic carbocycles. The van der Waals surface area contributed by atoms with Crippen LogP contribution in [0.2, 0.25) is 0 Å². The highest BCUT2D eigenvalue weighted by Crippen LogP contribution is 2.30. The van der Waals surface area contributed by atoms with E-state index in [1.165, 1.54) is 5.56 Å². The van der Waals surface area contributed by atoms with Crippen molar-refractivity contribution in [2.24, 2.45) is 0 Å². The summed E-state index contributed by atoms with van der Waals surface area (Å²) in [6, 6.07) is 8.21. The Hall–Kier alpha value is -2.14. The average Bonchev–Trinajstić information content (AvgIpc) is 3.07. The van der Waals surface area contributed by atoms with Crippen LogP contribution in [-0.2, 0) is 16.0 Å². The predicted molar refractivity (Wildman–Crippen MR) is 101 cm³/mol. The number of carbonyl (C=O) groups excluding carboxylic acids is 1. The van der Waals surface area contributed by atoms with Crippen molar-refractivity contribution in [2.45, 2.75) is 45.3 Å². The zero-order valence-corrected chi connectivity index (χ0v) is 15.5. The summed E-state index contributed by atoms with van der Waals surface area (Å²) in [5.74, 6) is 0.0574. The summed E-state index contributed by atoms with van der Waals surface area (Å²) in [6.45, 7) is 4.92. The predicted octanol–water partition coefficient (Wildman–Crippen LogP) is 3.15. The van der Waals surface area contributed by atoms with Gasteiger partial charge >= 0.3 is 0 Å². The van der Waals surface area contributed by atoms with Crippen molar-refractivity contribution >= 4 is 22.5 Å². The number of para-hydroxylation sites is 1. The highest BCUT2D eigenvalue weighted by molar-refractivity contribution is 5.93. The number of aryl methyl sites for hydroxylation is 1. The first kappa shape index (κ1) is 17.7. The number of carbonyl (C=O) groups is 1. The molecule has 134 valence electrons. The average molecular weight is 341 g/mol. The van der Waals surface area contributed by atoms with Gasteiger partial charge in [-0.25, -0.2) is 0 Å². The molecular weight excluding hydrogens is 314 g/mol. The van der Waals surface area contributed by atoms with Gasteiger partial charge < -0.3 is 15.0 Å². The lowest BCUT2D eigenvalue weighted by molar-refractivity contribution is -0.140. The first-order valence-electron chi connectivity index (χ1n) is 9.00. The van der Waals surface area contributed by atoms with E-state index in [9.17, 15) is 4.79 Å². The molecule has 2 aromatic rings. The van der Waals surface area contributed by atoms with Crippen molar-refractivity contribution in [1.82, 2.24) is 9.88 Å². The van der Waals surface area contributed by atoms with Crippen LogP contribution in [0.25, 0.3) is 10.9 Å². The molecule has 1 aliphatic rings. The number of rotatable bonds is 5. The molecule has 0 radical (unpaired) electrons. The summed E-state index contributed by atoms with van der Waals surface area (Å²) >= 11 is 0. The SMILES string of the molecule is CCc1c(C)nc2ccccc2c1NCC1CCC(C(=O)N(C)C)O1. The van der Waals surface area contributed by atoms with Gasteiger partial charge in [0.2, 0.25) is 0 Å². The third-order valence-electron chi connectivity index (χ3n) is 4.88. The van der Waals surface area contributed by atoms with Crippen molar-refractivity contribution in [1.29, 1.82) is 0 Å². The minimum Gasteiger partial charge on any atom is -0.382 e. The van der Waals surface area contributed by atoms with Gasteiger partial charge in [0, 0.05) is 37.4 Å². The van der Waals surface area contributed by atoms with Gasteiger partial charge in [-0.05, 0) is 37.8 Å². The molecule has 1 aromatic heterocycles. The zero-order chi connectivity index (χ0) is 18.0. The molecule has 5 heteroatoms. The highest BCUT2D eigenvalue weighted by Gasteiger charge is 2.31. The maximum Gasteiger partial charge on any atom is 0.251 e. The summed E-state index contributed by atoms with van der Waals surface area (Å²) in [5.41, 5.74) is 4.47. The Labute approximate surface area is 149 Å². The molecule has 0 saturated carbocycles. The number of amides is 1. The molecule has 2 heterocycles. The number of hydrogen-bond acceptors (Lipinski definition) is 4. The third-order valence-corrected chi connectivity index (χ3v) is 4.88. The number of hydrogen-bond donors (Lipinski definition) is 1. The Balaban J connectivity index is 1.77. The van der Waals surface area contributed by atoms with Gasteiger partial charge in [-0.3, -0.25) is 9.78 Å². The first-order valence-corrected chi connectivity index (χ1v) is 9.00. The van der Waals surface area contributed by atoms with E-state index in [-0.39, 0.29) is 18.1 Å². The van der Waals surface area contributed by atoms with Gasteiger partial charge in [0.15, 0.2) is 0 Å². The summed E-state index contributed by atoms with van der Waals surface area (Å²) in [7, 11) is 3.55. The first-order chi connectivity index (χ1) is 12.0. The highest BCUT2D eigenvalue weighted by atomic mass is 16.5. The molecule has 1 fully saturated rings. The summed E-state index contributed by atoms with van der Waals surface area (Å²) in [4.78, 5) is 18.4. The lowest BCUT2D eigenvalue weighted by Crippen LogP contribution is -2.34. The van der Waals surface area contributed by atoms with E-state index >= 15 is 0 Å². The second-order valence-electron chi connectivity index (χ2n) is 6.86. The van der Waals surface area contributed by atoms with E-state index in [1.54, 1.807) is 19.0 Å². The number of nitrogens with one attached hydrogen (secondary N) is 1. The number of nitrogens with zero attached hydrogens (tertiary/aromatic N) is 2. The molecule has 3 rings (SSSR count). The number of pyridine rings is 1. The molecule has 1 aliphatic heterocycles. The van der Waals surface area contributed by atoms with E-state index in [0.717, 1.165) is 41.5 Å². The molecule has 2 unspecified atom stereocenters. The van der Waals surface area contributed by atoms with Gasteiger partial charge in [0.25, 0.3) is 5.91 Å². The molecule has 1 saturated heterocycles. The Morgan fingerprint density at radius 3 is 2.80 bits per heavy atom. The Bertz CT molecular complexity index is 773. The molecule has 0 bridgehead atoms. The molecule has 5 nitrogen and oxygen atoms in total. The maximum absolute atomic E-state index is 12.1. The molecule has 1 aromatic carbocycles. The van der Waals surface area contributed by atoms with Crippen LogP contribution in [0, 0.1) is 6.92 Å². The molecule has 1 amide bonds. The van der Waals surface area contributed by atoms with Crippen molar-refractivity contribution < 1.29 is 9.53 Å². The minimum atomic E-state index is -0.302. The Kier molecular flexibility index (Phi) is 5.23. The smallest absolute Gasteiger partial charge is 0.251 e. The van der Waals surface area contributed by atoms with Gasteiger partial charge in [0.1, 0.15) is 6.10 Å². The fourth-order valence-electron chi connectivity index (χ4n) is 3.55. The molecular formula is C20H27N3O2. The van der Waals surface area contributed by atoms with Crippen molar-refractivity contribution in [3.05, 3.63) is 35.5 Å². The van der Waals surface area contributed by atoms with Crippen LogP contribution in [0.3, 0.4) is 0 Å². The standard InChI is InChI=1S/C20H27N3O2/c1-5-15-13(2)22-17-9-7-6-8-16(17)19(15)21-12-14-10-11-18(25-14)20(24)23(3)4/h6-9,14,18H,5,10-12H2,1-4H3,(H,21,22). The van der Waals surface area contributed by atoms with Crippen LogP contribution >= 0.6 is 0 Å². The van der Waals surface area contributed by atoms with E-state index in [0.29, 0.717) is 6.54 Å². The quantitative estimate of drug-likeness (QED) is 0.908. The third kappa shape index (κ3) is 3.61. The number of fused-ring (bicyclic) bond motifs is 1. The van der Waals surface area contributed by atoms with Crippen LogP contribution in [-0.4, -0.2) is 48.6 Å². The number of ether oxygens (including phenoxy) is 1. The summed E-state index contributed by atoms with van der Waals surface area (Å²) in [5, 5.41) is 4.73. The van der Waals surface area contributed by atoms with Crippen molar-refractivity contribution in [3.8, 4) is 0 Å². The van der Waals surface area contributed by atoms with E-state index < -0.39 is 0 Å². The number of aromatic nitrogens is 1. The molecule has 2 atom stereocenters. The van der Waals surface area contributed by atoms with Gasteiger partial charge in [0.05, 0.1) is 11.6 Å². The van der Waals surface area contributed by atoms with Crippen LogP contribution in [0.5, 0.6) is 0 Å². The summed E-state index contributed by atoms with van der Waals surface area (Å²) in [6.07, 6.45) is 2.38.